The Hall–Kier alpha value is -0.120. The van der Waals surface area contributed by atoms with Crippen LogP contribution in [0.4, 0.5) is 0 Å². The van der Waals surface area contributed by atoms with Crippen molar-refractivity contribution in [2.45, 2.75) is 70.2 Å². The van der Waals surface area contributed by atoms with Gasteiger partial charge in [0.2, 0.25) is 0 Å². The molecule has 0 aromatic rings. The van der Waals surface area contributed by atoms with Gasteiger partial charge >= 0.3 is 0 Å². The van der Waals surface area contributed by atoms with E-state index in [1.165, 1.54) is 45.2 Å². The van der Waals surface area contributed by atoms with Gasteiger partial charge in [-0.05, 0) is 51.9 Å². The zero-order valence-electron chi connectivity index (χ0n) is 11.9. The molecule has 3 fully saturated rings. The number of ether oxygens (including phenoxy) is 1. The topological polar surface area (TPSA) is 24.5 Å². The fourth-order valence-electron chi connectivity index (χ4n) is 3.68. The van der Waals surface area contributed by atoms with Gasteiger partial charge < -0.3 is 10.1 Å². The molecule has 104 valence electrons. The van der Waals surface area contributed by atoms with E-state index in [-0.39, 0.29) is 0 Å². The van der Waals surface area contributed by atoms with Crippen LogP contribution in [0.25, 0.3) is 0 Å². The van der Waals surface area contributed by atoms with E-state index in [0.717, 1.165) is 18.6 Å². The molecule has 3 nitrogen and oxygen atoms in total. The Kier molecular flexibility index (Phi) is 3.92. The molecule has 1 N–H and O–H groups in total. The molecule has 0 aromatic heterocycles. The number of rotatable bonds is 2. The Morgan fingerprint density at radius 3 is 2.22 bits per heavy atom. The van der Waals surface area contributed by atoms with Crippen molar-refractivity contribution in [3.8, 4) is 0 Å². The molecule has 3 heteroatoms. The van der Waals surface area contributed by atoms with E-state index in [0.29, 0.717) is 18.2 Å². The lowest BCUT2D eigenvalue weighted by Crippen LogP contribution is -2.48. The second-order valence-corrected chi connectivity index (χ2v) is 6.61. The number of hydrogen-bond donors (Lipinski definition) is 1. The van der Waals surface area contributed by atoms with Gasteiger partial charge in [-0.1, -0.05) is 0 Å². The standard InChI is InChI=1S/C15H28N2O/c1-11-5-8-17(9-6-12(2)16-11)14-7-10-18-15(14)13-3-4-13/h11-16H,3-10H2,1-2H3. The summed E-state index contributed by atoms with van der Waals surface area (Å²) >= 11 is 0. The van der Waals surface area contributed by atoms with Crippen LogP contribution in [0.2, 0.25) is 0 Å². The van der Waals surface area contributed by atoms with Crippen LogP contribution >= 0.6 is 0 Å². The molecule has 1 aliphatic carbocycles. The van der Waals surface area contributed by atoms with Crippen molar-refractivity contribution in [1.82, 2.24) is 10.2 Å². The van der Waals surface area contributed by atoms with Gasteiger partial charge in [-0.2, -0.15) is 0 Å². The number of nitrogens with one attached hydrogen (secondary N) is 1. The normalized spacial score (nSPS) is 43.7. The van der Waals surface area contributed by atoms with E-state index in [9.17, 15) is 0 Å². The van der Waals surface area contributed by atoms with Crippen LogP contribution in [-0.2, 0) is 4.74 Å². The van der Waals surface area contributed by atoms with Gasteiger partial charge in [-0.15, -0.1) is 0 Å². The minimum atomic E-state index is 0.558. The van der Waals surface area contributed by atoms with Crippen molar-refractivity contribution in [3.05, 3.63) is 0 Å². The Bertz CT molecular complexity index is 268. The minimum Gasteiger partial charge on any atom is -0.376 e. The Morgan fingerprint density at radius 1 is 0.944 bits per heavy atom. The fraction of sp³-hybridized carbons (Fsp3) is 1.00. The van der Waals surface area contributed by atoms with Gasteiger partial charge in [0.05, 0.1) is 6.10 Å². The smallest absolute Gasteiger partial charge is 0.0759 e. The van der Waals surface area contributed by atoms with Crippen LogP contribution in [0.15, 0.2) is 0 Å². The summed E-state index contributed by atoms with van der Waals surface area (Å²) in [6, 6.07) is 2.03. The predicted molar refractivity (Wildman–Crippen MR) is 73.7 cm³/mol. The van der Waals surface area contributed by atoms with Crippen LogP contribution < -0.4 is 5.32 Å². The maximum Gasteiger partial charge on any atom is 0.0759 e. The highest BCUT2D eigenvalue weighted by Crippen LogP contribution is 2.40. The highest BCUT2D eigenvalue weighted by molar-refractivity contribution is 4.95. The van der Waals surface area contributed by atoms with Crippen molar-refractivity contribution in [2.24, 2.45) is 5.92 Å². The monoisotopic (exact) mass is 252 g/mol. The summed E-state index contributed by atoms with van der Waals surface area (Å²) in [7, 11) is 0. The summed E-state index contributed by atoms with van der Waals surface area (Å²) in [5.74, 6) is 0.885. The third-order valence-corrected chi connectivity index (χ3v) is 4.93. The average Bonchev–Trinajstić information content (AvgIpc) is 3.06. The maximum atomic E-state index is 6.01. The molecule has 2 aliphatic heterocycles. The van der Waals surface area contributed by atoms with Crippen LogP contribution in [0.1, 0.15) is 46.0 Å². The van der Waals surface area contributed by atoms with E-state index in [1.807, 2.05) is 0 Å². The van der Waals surface area contributed by atoms with Gasteiger partial charge in [0.1, 0.15) is 0 Å². The fourth-order valence-corrected chi connectivity index (χ4v) is 3.68. The lowest BCUT2D eigenvalue weighted by molar-refractivity contribution is 0.0406. The van der Waals surface area contributed by atoms with Crippen molar-refractivity contribution >= 4 is 0 Å². The summed E-state index contributed by atoms with van der Waals surface area (Å²) < 4.78 is 6.01. The van der Waals surface area contributed by atoms with E-state index in [4.69, 9.17) is 4.74 Å². The lowest BCUT2D eigenvalue weighted by Gasteiger charge is -2.36. The molecule has 2 saturated heterocycles. The van der Waals surface area contributed by atoms with E-state index >= 15 is 0 Å². The molecule has 0 spiro atoms. The molecule has 0 bridgehead atoms. The molecule has 1 saturated carbocycles. The summed E-state index contributed by atoms with van der Waals surface area (Å²) in [4.78, 5) is 2.74. The third kappa shape index (κ3) is 2.89. The first-order valence-electron chi connectivity index (χ1n) is 7.85. The van der Waals surface area contributed by atoms with Crippen molar-refractivity contribution in [3.63, 3.8) is 0 Å². The average molecular weight is 252 g/mol. The van der Waals surface area contributed by atoms with Crippen LogP contribution in [0, 0.1) is 5.92 Å². The van der Waals surface area contributed by atoms with E-state index in [1.54, 1.807) is 0 Å². The van der Waals surface area contributed by atoms with Crippen LogP contribution in [-0.4, -0.2) is 48.8 Å². The van der Waals surface area contributed by atoms with Crippen LogP contribution in [0.3, 0.4) is 0 Å². The largest absolute Gasteiger partial charge is 0.376 e. The van der Waals surface area contributed by atoms with Crippen LogP contribution in [0.5, 0.6) is 0 Å². The summed E-state index contributed by atoms with van der Waals surface area (Å²) in [5.41, 5.74) is 0. The summed E-state index contributed by atoms with van der Waals surface area (Å²) in [6.07, 6.45) is 7.18. The molecule has 0 radical (unpaired) electrons. The second-order valence-electron chi connectivity index (χ2n) is 6.61. The lowest BCUT2D eigenvalue weighted by atomic mass is 10.0. The van der Waals surface area contributed by atoms with Gasteiger partial charge in [0.25, 0.3) is 0 Å². The molecule has 4 atom stereocenters. The Morgan fingerprint density at radius 2 is 1.61 bits per heavy atom. The van der Waals surface area contributed by atoms with Gasteiger partial charge in [0, 0.05) is 37.8 Å². The van der Waals surface area contributed by atoms with E-state index in [2.05, 4.69) is 24.1 Å². The Labute approximate surface area is 111 Å². The minimum absolute atomic E-state index is 0.558. The summed E-state index contributed by atoms with van der Waals surface area (Å²) in [5, 5.41) is 3.68. The van der Waals surface area contributed by atoms with Gasteiger partial charge in [-0.3, -0.25) is 4.90 Å². The first kappa shape index (κ1) is 12.9. The highest BCUT2D eigenvalue weighted by Gasteiger charge is 2.43. The number of nitrogens with zero attached hydrogens (tertiary/aromatic N) is 1. The molecule has 3 rings (SSSR count). The molecular formula is C15H28N2O. The highest BCUT2D eigenvalue weighted by atomic mass is 16.5. The zero-order chi connectivity index (χ0) is 12.5. The number of hydrogen-bond acceptors (Lipinski definition) is 3. The quantitative estimate of drug-likeness (QED) is 0.814. The predicted octanol–water partition coefficient (Wildman–Crippen LogP) is 2.02. The third-order valence-electron chi connectivity index (χ3n) is 4.93. The van der Waals surface area contributed by atoms with Crippen molar-refractivity contribution in [1.29, 1.82) is 0 Å². The first-order valence-corrected chi connectivity index (χ1v) is 7.85. The molecule has 3 aliphatic rings. The second kappa shape index (κ2) is 5.48. The molecule has 18 heavy (non-hydrogen) atoms. The first-order chi connectivity index (χ1) is 8.74. The van der Waals surface area contributed by atoms with Gasteiger partial charge in [-0.25, -0.2) is 0 Å². The summed E-state index contributed by atoms with van der Waals surface area (Å²) in [6.45, 7) is 8.13. The molecule has 4 unspecified atom stereocenters. The molecular weight excluding hydrogens is 224 g/mol. The maximum absolute atomic E-state index is 6.01. The van der Waals surface area contributed by atoms with Gasteiger partial charge in [0.15, 0.2) is 0 Å². The van der Waals surface area contributed by atoms with E-state index < -0.39 is 0 Å². The molecule has 0 aromatic carbocycles. The van der Waals surface area contributed by atoms with Crippen molar-refractivity contribution in [2.75, 3.05) is 19.7 Å². The Balaban J connectivity index is 1.62. The molecule has 0 amide bonds. The molecule has 2 heterocycles. The SMILES string of the molecule is CC1CCN(C2CCOC2C2CC2)CCC(C)N1. The zero-order valence-corrected chi connectivity index (χ0v) is 11.9. The van der Waals surface area contributed by atoms with Crippen molar-refractivity contribution < 1.29 is 4.74 Å².